The molecule has 1 aliphatic heterocycles. The second-order valence-electron chi connectivity index (χ2n) is 6.21. The Balaban J connectivity index is 1.64. The zero-order valence-electron chi connectivity index (χ0n) is 13.6. The van der Waals surface area contributed by atoms with Gasteiger partial charge in [-0.15, -0.1) is 0 Å². The molecule has 5 heteroatoms. The van der Waals surface area contributed by atoms with Crippen molar-refractivity contribution in [1.82, 2.24) is 9.88 Å². The Morgan fingerprint density at radius 2 is 1.88 bits per heavy atom. The van der Waals surface area contributed by atoms with Crippen LogP contribution >= 0.6 is 0 Å². The van der Waals surface area contributed by atoms with Gasteiger partial charge in [-0.05, 0) is 30.8 Å². The van der Waals surface area contributed by atoms with Crippen LogP contribution in [0.3, 0.4) is 0 Å². The molecule has 0 atom stereocenters. The molecule has 2 aromatic heterocycles. The average molecular weight is 321 g/mol. The van der Waals surface area contributed by atoms with Gasteiger partial charge in [0.1, 0.15) is 5.69 Å². The molecule has 0 radical (unpaired) electrons. The van der Waals surface area contributed by atoms with Crippen LogP contribution in [-0.2, 0) is 0 Å². The third-order valence-electron chi connectivity index (χ3n) is 4.65. The highest BCUT2D eigenvalue weighted by Crippen LogP contribution is 2.31. The summed E-state index contributed by atoms with van der Waals surface area (Å²) < 4.78 is 5.57. The van der Waals surface area contributed by atoms with Crippen molar-refractivity contribution in [2.45, 2.75) is 0 Å². The van der Waals surface area contributed by atoms with Crippen LogP contribution in [0.25, 0.3) is 22.1 Å². The van der Waals surface area contributed by atoms with Crippen LogP contribution in [-0.4, -0.2) is 49.4 Å². The van der Waals surface area contributed by atoms with E-state index in [0.29, 0.717) is 11.3 Å². The van der Waals surface area contributed by atoms with Crippen molar-refractivity contribution in [3.63, 3.8) is 0 Å². The molecule has 0 unspecified atom stereocenters. The monoisotopic (exact) mass is 321 g/mol. The van der Waals surface area contributed by atoms with Crippen LogP contribution in [0.4, 0.5) is 5.69 Å². The normalized spacial score (nSPS) is 15.8. The van der Waals surface area contributed by atoms with Gasteiger partial charge in [-0.2, -0.15) is 0 Å². The maximum Gasteiger partial charge on any atom is 0.168 e. The number of furan rings is 1. The van der Waals surface area contributed by atoms with Gasteiger partial charge in [0.15, 0.2) is 11.9 Å². The van der Waals surface area contributed by atoms with E-state index in [2.05, 4.69) is 46.1 Å². The Kier molecular flexibility index (Phi) is 3.78. The van der Waals surface area contributed by atoms with Gasteiger partial charge in [0.2, 0.25) is 0 Å². The number of piperazine rings is 1. The summed E-state index contributed by atoms with van der Waals surface area (Å²) >= 11 is 0. The third-order valence-corrected chi connectivity index (χ3v) is 4.65. The van der Waals surface area contributed by atoms with Gasteiger partial charge in [0.05, 0.1) is 12.5 Å². The lowest BCUT2D eigenvalue weighted by atomic mass is 10.0. The molecule has 5 nitrogen and oxygen atoms in total. The maximum atomic E-state index is 11.0. The Bertz CT molecular complexity index is 862. The molecule has 0 aliphatic carbocycles. The van der Waals surface area contributed by atoms with E-state index in [1.807, 2.05) is 0 Å². The summed E-state index contributed by atoms with van der Waals surface area (Å²) in [4.78, 5) is 19.8. The second kappa shape index (κ2) is 6.09. The minimum atomic E-state index is 0.416. The molecule has 3 heterocycles. The van der Waals surface area contributed by atoms with Crippen LogP contribution in [0.5, 0.6) is 0 Å². The summed E-state index contributed by atoms with van der Waals surface area (Å²) in [5, 5.41) is 0.916. The van der Waals surface area contributed by atoms with Gasteiger partial charge in [-0.25, -0.2) is 4.98 Å². The molecule has 1 aliphatic rings. The molecule has 1 fully saturated rings. The number of rotatable bonds is 3. The summed E-state index contributed by atoms with van der Waals surface area (Å²) in [5.41, 5.74) is 4.42. The van der Waals surface area contributed by atoms with Crippen LogP contribution in [0.1, 0.15) is 10.5 Å². The fraction of sp³-hybridized carbons (Fsp3) is 0.263. The molecule has 0 saturated carbocycles. The summed E-state index contributed by atoms with van der Waals surface area (Å²) in [5.74, 6) is 0. The lowest BCUT2D eigenvalue weighted by molar-refractivity contribution is 0.111. The summed E-state index contributed by atoms with van der Waals surface area (Å²) in [6.45, 7) is 4.29. The predicted octanol–water partition coefficient (Wildman–Crippen LogP) is 3.06. The first-order valence-corrected chi connectivity index (χ1v) is 8.11. The lowest BCUT2D eigenvalue weighted by Gasteiger charge is -2.34. The van der Waals surface area contributed by atoms with Crippen molar-refractivity contribution in [2.75, 3.05) is 38.1 Å². The zero-order chi connectivity index (χ0) is 16.5. The highest BCUT2D eigenvalue weighted by molar-refractivity contribution is 5.95. The highest BCUT2D eigenvalue weighted by atomic mass is 16.3. The van der Waals surface area contributed by atoms with Crippen molar-refractivity contribution in [1.29, 1.82) is 0 Å². The van der Waals surface area contributed by atoms with Gasteiger partial charge in [-0.1, -0.05) is 12.1 Å². The van der Waals surface area contributed by atoms with E-state index in [9.17, 15) is 4.79 Å². The number of aldehydes is 1. The van der Waals surface area contributed by atoms with Crippen molar-refractivity contribution >= 4 is 22.9 Å². The predicted molar refractivity (Wildman–Crippen MR) is 94.5 cm³/mol. The quantitative estimate of drug-likeness (QED) is 0.694. The Labute approximate surface area is 140 Å². The van der Waals surface area contributed by atoms with Gasteiger partial charge in [0.25, 0.3) is 0 Å². The number of aromatic nitrogens is 1. The van der Waals surface area contributed by atoms with E-state index in [1.165, 1.54) is 5.69 Å². The van der Waals surface area contributed by atoms with Gasteiger partial charge in [0, 0.05) is 42.8 Å². The van der Waals surface area contributed by atoms with Gasteiger partial charge in [-0.3, -0.25) is 4.79 Å². The number of fused-ring (bicyclic) bond motifs is 1. The van der Waals surface area contributed by atoms with E-state index in [1.54, 1.807) is 18.5 Å². The first kappa shape index (κ1) is 14.9. The fourth-order valence-corrected chi connectivity index (χ4v) is 3.15. The number of anilines is 1. The number of benzene rings is 1. The number of pyridine rings is 1. The van der Waals surface area contributed by atoms with Gasteiger partial charge < -0.3 is 14.2 Å². The summed E-state index contributed by atoms with van der Waals surface area (Å²) in [7, 11) is 2.16. The van der Waals surface area contributed by atoms with E-state index in [0.717, 1.165) is 49.0 Å². The minimum absolute atomic E-state index is 0.416. The first-order chi connectivity index (χ1) is 11.7. The molecule has 0 bridgehead atoms. The average Bonchev–Trinajstić information content (AvgIpc) is 3.05. The maximum absolute atomic E-state index is 11.0. The molecule has 122 valence electrons. The van der Waals surface area contributed by atoms with Crippen LogP contribution in [0.15, 0.2) is 47.2 Å². The largest absolute Gasteiger partial charge is 0.462 e. The zero-order valence-corrected chi connectivity index (χ0v) is 13.6. The minimum Gasteiger partial charge on any atom is -0.462 e. The molecule has 0 amide bonds. The molecule has 0 N–H and O–H groups in total. The molecular weight excluding hydrogens is 302 g/mol. The number of carbonyl (C=O) groups is 1. The number of hydrogen-bond acceptors (Lipinski definition) is 5. The summed E-state index contributed by atoms with van der Waals surface area (Å²) in [6.07, 6.45) is 4.08. The number of hydrogen-bond donors (Lipinski definition) is 0. The van der Waals surface area contributed by atoms with Gasteiger partial charge >= 0.3 is 0 Å². The van der Waals surface area contributed by atoms with Crippen LogP contribution in [0, 0.1) is 0 Å². The molecule has 1 aromatic carbocycles. The number of nitrogens with zero attached hydrogens (tertiary/aromatic N) is 3. The molecule has 24 heavy (non-hydrogen) atoms. The number of likely N-dealkylation sites (N-methyl/N-ethyl adjacent to an activating group) is 1. The SMILES string of the molecule is CN1CCN(c2ccc(-c3coc4cnc(C=O)cc34)cc2)CC1. The Morgan fingerprint density at radius 3 is 2.58 bits per heavy atom. The molecule has 0 spiro atoms. The van der Waals surface area contributed by atoms with Crippen molar-refractivity contribution < 1.29 is 9.21 Å². The molecule has 3 aromatic rings. The summed E-state index contributed by atoms with van der Waals surface area (Å²) in [6, 6.07) is 10.3. The van der Waals surface area contributed by atoms with E-state index < -0.39 is 0 Å². The molecule has 4 rings (SSSR count). The van der Waals surface area contributed by atoms with Crippen LogP contribution < -0.4 is 4.90 Å². The Hall–Kier alpha value is -2.66. The molecule has 1 saturated heterocycles. The van der Waals surface area contributed by atoms with E-state index in [-0.39, 0.29) is 0 Å². The number of carbonyl (C=O) groups excluding carboxylic acids is 1. The van der Waals surface area contributed by atoms with Crippen molar-refractivity contribution in [2.24, 2.45) is 0 Å². The highest BCUT2D eigenvalue weighted by Gasteiger charge is 2.15. The third kappa shape index (κ3) is 2.67. The Morgan fingerprint density at radius 1 is 1.12 bits per heavy atom. The first-order valence-electron chi connectivity index (χ1n) is 8.11. The topological polar surface area (TPSA) is 49.6 Å². The van der Waals surface area contributed by atoms with E-state index >= 15 is 0 Å². The standard InChI is InChI=1S/C19H19N3O2/c1-21-6-8-22(9-7-21)16-4-2-14(3-5-16)18-13-24-19-11-20-15(12-23)10-17(18)19/h2-5,10-13H,6-9H2,1H3. The van der Waals surface area contributed by atoms with Crippen LogP contribution in [0.2, 0.25) is 0 Å². The van der Waals surface area contributed by atoms with E-state index in [4.69, 9.17) is 4.42 Å². The fourth-order valence-electron chi connectivity index (χ4n) is 3.15. The smallest absolute Gasteiger partial charge is 0.168 e. The second-order valence-corrected chi connectivity index (χ2v) is 6.21. The van der Waals surface area contributed by atoms with Crippen molar-refractivity contribution in [3.05, 3.63) is 48.5 Å². The molecular formula is C19H19N3O2. The lowest BCUT2D eigenvalue weighted by Crippen LogP contribution is -2.44. The van der Waals surface area contributed by atoms with Crippen molar-refractivity contribution in [3.8, 4) is 11.1 Å².